The summed E-state index contributed by atoms with van der Waals surface area (Å²) in [5, 5.41) is 2.82. The molecule has 0 aromatic heterocycles. The maximum Gasteiger partial charge on any atom is 0.234 e. The third-order valence-corrected chi connectivity index (χ3v) is 3.27. The number of methoxy groups -OCH3 is 1. The molecule has 0 bridgehead atoms. The Morgan fingerprint density at radius 3 is 2.75 bits per heavy atom. The molecule has 0 saturated heterocycles. The van der Waals surface area contributed by atoms with Gasteiger partial charge in [0.1, 0.15) is 5.75 Å². The molecule has 0 saturated carbocycles. The first kappa shape index (κ1) is 16.5. The van der Waals surface area contributed by atoms with Crippen LogP contribution in [-0.2, 0) is 4.79 Å². The van der Waals surface area contributed by atoms with Crippen LogP contribution in [-0.4, -0.2) is 44.1 Å². The number of hydrogen-bond acceptors (Lipinski definition) is 4. The SMILES string of the molecule is CCNC(=O)CN(CC)C(CN)c1cccc(OC)c1. The van der Waals surface area contributed by atoms with Crippen molar-refractivity contribution in [2.24, 2.45) is 5.73 Å². The minimum atomic E-state index is 0.0118. The first-order chi connectivity index (χ1) is 9.65. The molecular formula is C15H25N3O2. The number of hydrogen-bond donors (Lipinski definition) is 2. The normalized spacial score (nSPS) is 12.2. The number of benzene rings is 1. The largest absolute Gasteiger partial charge is 0.497 e. The van der Waals surface area contributed by atoms with E-state index in [0.717, 1.165) is 17.9 Å². The van der Waals surface area contributed by atoms with Crippen LogP contribution >= 0.6 is 0 Å². The molecule has 0 aliphatic carbocycles. The third-order valence-electron chi connectivity index (χ3n) is 3.27. The van der Waals surface area contributed by atoms with Gasteiger partial charge in [-0.25, -0.2) is 0 Å². The summed E-state index contributed by atoms with van der Waals surface area (Å²) in [5.74, 6) is 0.825. The fourth-order valence-corrected chi connectivity index (χ4v) is 2.22. The van der Waals surface area contributed by atoms with Crippen molar-refractivity contribution in [1.29, 1.82) is 0 Å². The Morgan fingerprint density at radius 1 is 1.45 bits per heavy atom. The Hall–Kier alpha value is -1.59. The predicted molar refractivity (Wildman–Crippen MR) is 80.7 cm³/mol. The molecule has 0 fully saturated rings. The zero-order valence-electron chi connectivity index (χ0n) is 12.6. The fourth-order valence-electron chi connectivity index (χ4n) is 2.22. The van der Waals surface area contributed by atoms with Crippen LogP contribution in [0.2, 0.25) is 0 Å². The van der Waals surface area contributed by atoms with E-state index in [1.54, 1.807) is 7.11 Å². The number of carbonyl (C=O) groups is 1. The van der Waals surface area contributed by atoms with Gasteiger partial charge < -0.3 is 15.8 Å². The van der Waals surface area contributed by atoms with Gasteiger partial charge in [0.15, 0.2) is 0 Å². The molecule has 1 unspecified atom stereocenters. The average Bonchev–Trinajstić information content (AvgIpc) is 2.47. The molecule has 1 atom stereocenters. The smallest absolute Gasteiger partial charge is 0.234 e. The van der Waals surface area contributed by atoms with Crippen molar-refractivity contribution in [2.45, 2.75) is 19.9 Å². The van der Waals surface area contributed by atoms with Crippen LogP contribution in [0.1, 0.15) is 25.5 Å². The highest BCUT2D eigenvalue weighted by molar-refractivity contribution is 5.78. The molecular weight excluding hydrogens is 254 g/mol. The summed E-state index contributed by atoms with van der Waals surface area (Å²) in [7, 11) is 1.64. The molecule has 1 aromatic rings. The number of ether oxygens (including phenoxy) is 1. The fraction of sp³-hybridized carbons (Fsp3) is 0.533. The number of likely N-dealkylation sites (N-methyl/N-ethyl adjacent to an activating group) is 2. The first-order valence-corrected chi connectivity index (χ1v) is 7.01. The maximum absolute atomic E-state index is 11.8. The van der Waals surface area contributed by atoms with E-state index < -0.39 is 0 Å². The van der Waals surface area contributed by atoms with Crippen LogP contribution in [0.15, 0.2) is 24.3 Å². The van der Waals surface area contributed by atoms with Gasteiger partial charge in [-0.1, -0.05) is 19.1 Å². The predicted octanol–water partition coefficient (Wildman–Crippen LogP) is 1.15. The highest BCUT2D eigenvalue weighted by Crippen LogP contribution is 2.23. The number of carbonyl (C=O) groups excluding carboxylic acids is 1. The number of rotatable bonds is 8. The van der Waals surface area contributed by atoms with Gasteiger partial charge in [0.2, 0.25) is 5.91 Å². The molecule has 20 heavy (non-hydrogen) atoms. The van der Waals surface area contributed by atoms with E-state index in [9.17, 15) is 4.79 Å². The molecule has 1 amide bonds. The minimum Gasteiger partial charge on any atom is -0.497 e. The van der Waals surface area contributed by atoms with Gasteiger partial charge in [0.25, 0.3) is 0 Å². The van der Waals surface area contributed by atoms with Crippen molar-refractivity contribution in [3.05, 3.63) is 29.8 Å². The second-order valence-corrected chi connectivity index (χ2v) is 4.54. The van der Waals surface area contributed by atoms with Gasteiger partial charge in [-0.3, -0.25) is 9.69 Å². The molecule has 0 heterocycles. The van der Waals surface area contributed by atoms with Gasteiger partial charge in [-0.05, 0) is 31.2 Å². The van der Waals surface area contributed by atoms with E-state index in [2.05, 4.69) is 10.2 Å². The summed E-state index contributed by atoms with van der Waals surface area (Å²) in [4.78, 5) is 13.8. The Bertz CT molecular complexity index is 423. The third kappa shape index (κ3) is 4.51. The molecule has 0 aliphatic heterocycles. The summed E-state index contributed by atoms with van der Waals surface area (Å²) < 4.78 is 5.24. The Morgan fingerprint density at radius 2 is 2.20 bits per heavy atom. The first-order valence-electron chi connectivity index (χ1n) is 7.01. The minimum absolute atomic E-state index is 0.0118. The van der Waals surface area contributed by atoms with E-state index >= 15 is 0 Å². The quantitative estimate of drug-likeness (QED) is 0.749. The summed E-state index contributed by atoms with van der Waals surface area (Å²) in [6.45, 7) is 6.15. The van der Waals surface area contributed by atoms with Gasteiger partial charge in [0, 0.05) is 19.1 Å². The van der Waals surface area contributed by atoms with Crippen LogP contribution in [0, 0.1) is 0 Å². The molecule has 1 rings (SSSR count). The van der Waals surface area contributed by atoms with E-state index in [0.29, 0.717) is 19.6 Å². The summed E-state index contributed by atoms with van der Waals surface area (Å²) in [6, 6.07) is 7.84. The van der Waals surface area contributed by atoms with Crippen LogP contribution in [0.3, 0.4) is 0 Å². The Balaban J connectivity index is 2.87. The molecule has 0 spiro atoms. The lowest BCUT2D eigenvalue weighted by Crippen LogP contribution is -2.41. The molecule has 5 heteroatoms. The number of amides is 1. The van der Waals surface area contributed by atoms with E-state index in [1.165, 1.54) is 0 Å². The Labute approximate surface area is 121 Å². The monoisotopic (exact) mass is 279 g/mol. The number of nitrogens with two attached hydrogens (primary N) is 1. The summed E-state index contributed by atoms with van der Waals surface area (Å²) in [5.41, 5.74) is 6.98. The molecule has 112 valence electrons. The topological polar surface area (TPSA) is 67.6 Å². The molecule has 0 radical (unpaired) electrons. The zero-order valence-corrected chi connectivity index (χ0v) is 12.6. The van der Waals surface area contributed by atoms with Crippen LogP contribution in [0.4, 0.5) is 0 Å². The van der Waals surface area contributed by atoms with Gasteiger partial charge in [-0.15, -0.1) is 0 Å². The lowest BCUT2D eigenvalue weighted by molar-refractivity contribution is -0.122. The van der Waals surface area contributed by atoms with Crippen molar-refractivity contribution in [2.75, 3.05) is 33.3 Å². The van der Waals surface area contributed by atoms with Crippen molar-refractivity contribution >= 4 is 5.91 Å². The summed E-state index contributed by atoms with van der Waals surface area (Å²) in [6.07, 6.45) is 0. The Kier molecular flexibility index (Phi) is 7.04. The maximum atomic E-state index is 11.8. The van der Waals surface area contributed by atoms with Gasteiger partial charge in [-0.2, -0.15) is 0 Å². The van der Waals surface area contributed by atoms with Crippen LogP contribution in [0.25, 0.3) is 0 Å². The highest BCUT2D eigenvalue weighted by atomic mass is 16.5. The van der Waals surface area contributed by atoms with Crippen molar-refractivity contribution in [3.8, 4) is 5.75 Å². The van der Waals surface area contributed by atoms with Crippen LogP contribution in [0.5, 0.6) is 5.75 Å². The molecule has 5 nitrogen and oxygen atoms in total. The van der Waals surface area contributed by atoms with Crippen molar-refractivity contribution < 1.29 is 9.53 Å². The molecule has 3 N–H and O–H groups in total. The number of nitrogens with zero attached hydrogens (tertiary/aromatic N) is 1. The standard InChI is InChI=1S/C15H25N3O2/c1-4-17-15(19)11-18(5-2)14(10-16)12-7-6-8-13(9-12)20-3/h6-9,14H,4-5,10-11,16H2,1-3H3,(H,17,19). The lowest BCUT2D eigenvalue weighted by atomic mass is 10.0. The number of nitrogens with one attached hydrogen (secondary N) is 1. The van der Waals surface area contributed by atoms with E-state index in [4.69, 9.17) is 10.5 Å². The zero-order chi connectivity index (χ0) is 15.0. The van der Waals surface area contributed by atoms with Gasteiger partial charge in [0.05, 0.1) is 13.7 Å². The second kappa shape index (κ2) is 8.55. The molecule has 1 aromatic carbocycles. The highest BCUT2D eigenvalue weighted by Gasteiger charge is 2.20. The molecule has 0 aliphatic rings. The van der Waals surface area contributed by atoms with E-state index in [1.807, 2.05) is 38.1 Å². The second-order valence-electron chi connectivity index (χ2n) is 4.54. The van der Waals surface area contributed by atoms with Crippen molar-refractivity contribution in [1.82, 2.24) is 10.2 Å². The lowest BCUT2D eigenvalue weighted by Gasteiger charge is -2.29. The van der Waals surface area contributed by atoms with Crippen molar-refractivity contribution in [3.63, 3.8) is 0 Å². The van der Waals surface area contributed by atoms with Gasteiger partial charge >= 0.3 is 0 Å². The van der Waals surface area contributed by atoms with E-state index in [-0.39, 0.29) is 11.9 Å². The summed E-state index contributed by atoms with van der Waals surface area (Å²) >= 11 is 0. The average molecular weight is 279 g/mol. The van der Waals surface area contributed by atoms with Crippen LogP contribution < -0.4 is 15.8 Å².